The van der Waals surface area contributed by atoms with Crippen LogP contribution in [0.1, 0.15) is 62.2 Å². The highest BCUT2D eigenvalue weighted by Crippen LogP contribution is 2.32. The van der Waals surface area contributed by atoms with Crippen molar-refractivity contribution in [1.29, 1.82) is 0 Å². The fourth-order valence-electron chi connectivity index (χ4n) is 3.96. The summed E-state index contributed by atoms with van der Waals surface area (Å²) in [5.41, 5.74) is 0.141. The Morgan fingerprint density at radius 3 is 2.48 bits per heavy atom. The summed E-state index contributed by atoms with van der Waals surface area (Å²) in [5, 5.41) is 21.9. The number of nitrogens with one attached hydrogen (secondary N) is 1. The van der Waals surface area contributed by atoms with Gasteiger partial charge >= 0.3 is 0 Å². The SMILES string of the molecule is CC(NC(=O)c1ccc(O)c(O)c1)C(=O)N1CCCC1C(=O)SC1CCCCC1. The minimum atomic E-state index is -0.800. The zero-order chi connectivity index (χ0) is 21.0. The number of carbonyl (C=O) groups is 3. The predicted molar refractivity (Wildman–Crippen MR) is 111 cm³/mol. The van der Waals surface area contributed by atoms with E-state index in [1.807, 2.05) is 0 Å². The third kappa shape index (κ3) is 5.23. The second-order valence-corrected chi connectivity index (χ2v) is 9.09. The molecule has 29 heavy (non-hydrogen) atoms. The molecule has 8 heteroatoms. The van der Waals surface area contributed by atoms with Gasteiger partial charge in [0.1, 0.15) is 12.1 Å². The molecule has 7 nitrogen and oxygen atoms in total. The summed E-state index contributed by atoms with van der Waals surface area (Å²) in [4.78, 5) is 39.7. The molecule has 1 heterocycles. The second-order valence-electron chi connectivity index (χ2n) is 7.79. The lowest BCUT2D eigenvalue weighted by molar-refractivity contribution is -0.136. The molecule has 1 aliphatic heterocycles. The van der Waals surface area contributed by atoms with Crippen molar-refractivity contribution in [3.8, 4) is 11.5 Å². The zero-order valence-corrected chi connectivity index (χ0v) is 17.4. The van der Waals surface area contributed by atoms with Crippen LogP contribution >= 0.6 is 11.8 Å². The van der Waals surface area contributed by atoms with Crippen molar-refractivity contribution in [3.05, 3.63) is 23.8 Å². The molecule has 1 aromatic rings. The standard InChI is InChI=1S/C21H28N2O5S/c1-13(22-19(26)14-9-10-17(24)18(25)12-14)20(27)23-11-5-8-16(23)21(28)29-15-6-3-2-4-7-15/h9-10,12-13,15-16,24-25H,2-8,11H2,1H3,(H,22,26). The first-order valence-electron chi connectivity index (χ1n) is 10.2. The number of hydrogen-bond donors (Lipinski definition) is 3. The Labute approximate surface area is 174 Å². The van der Waals surface area contributed by atoms with Crippen molar-refractivity contribution < 1.29 is 24.6 Å². The molecule has 3 N–H and O–H groups in total. The Bertz CT molecular complexity index is 778. The predicted octanol–water partition coefficient (Wildman–Crippen LogP) is 2.80. The van der Waals surface area contributed by atoms with Crippen molar-refractivity contribution in [1.82, 2.24) is 10.2 Å². The van der Waals surface area contributed by atoms with Gasteiger partial charge in [0.05, 0.1) is 0 Å². The third-order valence-electron chi connectivity index (χ3n) is 5.60. The maximum Gasteiger partial charge on any atom is 0.252 e. The quantitative estimate of drug-likeness (QED) is 0.633. The van der Waals surface area contributed by atoms with Gasteiger partial charge in [0.2, 0.25) is 11.0 Å². The molecule has 0 bridgehead atoms. The zero-order valence-electron chi connectivity index (χ0n) is 16.6. The monoisotopic (exact) mass is 420 g/mol. The Balaban J connectivity index is 1.59. The lowest BCUT2D eigenvalue weighted by Gasteiger charge is -2.28. The van der Waals surface area contributed by atoms with Gasteiger partial charge in [-0.2, -0.15) is 0 Å². The maximum absolute atomic E-state index is 12.9. The number of aromatic hydroxyl groups is 2. The fourth-order valence-corrected chi connectivity index (χ4v) is 5.26. The average molecular weight is 421 g/mol. The van der Waals surface area contributed by atoms with Crippen molar-refractivity contribution in [3.63, 3.8) is 0 Å². The molecule has 1 aliphatic carbocycles. The van der Waals surface area contributed by atoms with Gasteiger partial charge in [0, 0.05) is 17.4 Å². The van der Waals surface area contributed by atoms with E-state index in [1.165, 1.54) is 30.3 Å². The van der Waals surface area contributed by atoms with Crippen LogP contribution in [-0.4, -0.2) is 55.9 Å². The van der Waals surface area contributed by atoms with Gasteiger partial charge in [-0.15, -0.1) is 0 Å². The Morgan fingerprint density at radius 2 is 1.79 bits per heavy atom. The number of phenolic OH excluding ortho intramolecular Hbond substituents is 2. The summed E-state index contributed by atoms with van der Waals surface area (Å²) in [7, 11) is 0. The number of rotatable bonds is 5. The van der Waals surface area contributed by atoms with Crippen LogP contribution in [0.5, 0.6) is 11.5 Å². The number of nitrogens with zero attached hydrogens (tertiary/aromatic N) is 1. The Morgan fingerprint density at radius 1 is 1.07 bits per heavy atom. The molecule has 3 rings (SSSR count). The molecule has 2 amide bonds. The van der Waals surface area contributed by atoms with Crippen molar-refractivity contribution in [2.75, 3.05) is 6.54 Å². The number of likely N-dealkylation sites (tertiary alicyclic amines) is 1. The number of thioether (sulfide) groups is 1. The van der Waals surface area contributed by atoms with Crippen molar-refractivity contribution in [2.45, 2.75) is 69.2 Å². The van der Waals surface area contributed by atoms with Crippen LogP contribution in [-0.2, 0) is 9.59 Å². The van der Waals surface area contributed by atoms with Gasteiger partial charge in [-0.3, -0.25) is 14.4 Å². The molecule has 2 fully saturated rings. The van der Waals surface area contributed by atoms with E-state index in [9.17, 15) is 24.6 Å². The van der Waals surface area contributed by atoms with E-state index < -0.39 is 23.7 Å². The van der Waals surface area contributed by atoms with Crippen molar-refractivity contribution in [2.24, 2.45) is 0 Å². The molecular formula is C21H28N2O5S. The van der Waals surface area contributed by atoms with Gasteiger partial charge in [-0.1, -0.05) is 31.0 Å². The molecule has 1 aromatic carbocycles. The summed E-state index contributed by atoms with van der Waals surface area (Å²) in [6.07, 6.45) is 7.11. The summed E-state index contributed by atoms with van der Waals surface area (Å²) < 4.78 is 0. The van der Waals surface area contributed by atoms with Gasteiger partial charge in [-0.25, -0.2) is 0 Å². The van der Waals surface area contributed by atoms with E-state index in [0.29, 0.717) is 18.2 Å². The first-order chi connectivity index (χ1) is 13.9. The molecule has 0 radical (unpaired) electrons. The number of carbonyl (C=O) groups excluding carboxylic acids is 3. The highest BCUT2D eigenvalue weighted by atomic mass is 32.2. The largest absolute Gasteiger partial charge is 0.504 e. The normalized spacial score (nSPS) is 21.0. The molecule has 158 valence electrons. The highest BCUT2D eigenvalue weighted by Gasteiger charge is 2.37. The minimum absolute atomic E-state index is 0.0599. The van der Waals surface area contributed by atoms with Crippen LogP contribution in [0, 0.1) is 0 Å². The van der Waals surface area contributed by atoms with E-state index in [4.69, 9.17) is 0 Å². The lowest BCUT2D eigenvalue weighted by Crippen LogP contribution is -2.50. The number of phenols is 2. The van der Waals surface area contributed by atoms with Gasteiger partial charge in [-0.05, 0) is 50.8 Å². The van der Waals surface area contributed by atoms with E-state index in [-0.39, 0.29) is 22.3 Å². The van der Waals surface area contributed by atoms with Gasteiger partial charge in [0.15, 0.2) is 11.5 Å². The molecule has 0 aromatic heterocycles. The average Bonchev–Trinajstić information content (AvgIpc) is 3.20. The molecule has 2 unspecified atom stereocenters. The molecule has 1 saturated heterocycles. The summed E-state index contributed by atoms with van der Waals surface area (Å²) in [6.45, 7) is 2.11. The van der Waals surface area contributed by atoms with Gasteiger partial charge in [0.25, 0.3) is 5.91 Å². The Hall–Kier alpha value is -2.22. The Kier molecular flexibility index (Phi) is 7.05. The smallest absolute Gasteiger partial charge is 0.252 e. The third-order valence-corrected chi connectivity index (χ3v) is 6.91. The topological polar surface area (TPSA) is 107 Å². The van der Waals surface area contributed by atoms with E-state index in [0.717, 1.165) is 38.2 Å². The van der Waals surface area contributed by atoms with E-state index >= 15 is 0 Å². The van der Waals surface area contributed by atoms with Crippen LogP contribution in [0.25, 0.3) is 0 Å². The first-order valence-corrected chi connectivity index (χ1v) is 11.1. The molecule has 2 atom stereocenters. The van der Waals surface area contributed by atoms with Crippen LogP contribution in [0.15, 0.2) is 18.2 Å². The summed E-state index contributed by atoms with van der Waals surface area (Å²) in [5.74, 6) is -1.53. The minimum Gasteiger partial charge on any atom is -0.504 e. The maximum atomic E-state index is 12.9. The number of amides is 2. The van der Waals surface area contributed by atoms with Crippen LogP contribution < -0.4 is 5.32 Å². The summed E-state index contributed by atoms with van der Waals surface area (Å²) in [6, 6.07) is 2.50. The molecule has 0 spiro atoms. The van der Waals surface area contributed by atoms with Crippen LogP contribution in [0.4, 0.5) is 0 Å². The lowest BCUT2D eigenvalue weighted by atomic mass is 10.0. The van der Waals surface area contributed by atoms with E-state index in [2.05, 4.69) is 5.32 Å². The van der Waals surface area contributed by atoms with Crippen molar-refractivity contribution >= 4 is 28.7 Å². The molecular weight excluding hydrogens is 392 g/mol. The first kappa shape index (κ1) is 21.5. The second kappa shape index (κ2) is 9.52. The number of hydrogen-bond acceptors (Lipinski definition) is 6. The van der Waals surface area contributed by atoms with Crippen LogP contribution in [0.3, 0.4) is 0 Å². The fraction of sp³-hybridized carbons (Fsp3) is 0.571. The van der Waals surface area contributed by atoms with Gasteiger partial charge < -0.3 is 20.4 Å². The number of benzene rings is 1. The highest BCUT2D eigenvalue weighted by molar-refractivity contribution is 8.14. The van der Waals surface area contributed by atoms with Crippen LogP contribution in [0.2, 0.25) is 0 Å². The molecule has 1 saturated carbocycles. The summed E-state index contributed by atoms with van der Waals surface area (Å²) >= 11 is 1.39. The molecule has 2 aliphatic rings. The van der Waals surface area contributed by atoms with E-state index in [1.54, 1.807) is 11.8 Å².